The predicted molar refractivity (Wildman–Crippen MR) is 73.8 cm³/mol. The van der Waals surface area contributed by atoms with Gasteiger partial charge < -0.3 is 9.73 Å². The van der Waals surface area contributed by atoms with Crippen LogP contribution < -0.4 is 5.32 Å². The maximum atomic E-state index is 5.89. The molecule has 18 heavy (non-hydrogen) atoms. The minimum absolute atomic E-state index is 0.938. The Labute approximate surface area is 105 Å². The molecule has 0 saturated carbocycles. The highest BCUT2D eigenvalue weighted by atomic mass is 16.3. The van der Waals surface area contributed by atoms with E-state index in [1.807, 2.05) is 18.2 Å². The highest BCUT2D eigenvalue weighted by Crippen LogP contribution is 2.32. The van der Waals surface area contributed by atoms with Gasteiger partial charge in [-0.2, -0.15) is 0 Å². The molecule has 3 aromatic rings. The minimum Gasteiger partial charge on any atom is -0.456 e. The molecule has 0 bridgehead atoms. The topological polar surface area (TPSA) is 25.2 Å². The van der Waals surface area contributed by atoms with Crippen LogP contribution >= 0.6 is 0 Å². The van der Waals surface area contributed by atoms with Gasteiger partial charge in [-0.05, 0) is 30.2 Å². The molecule has 0 saturated heterocycles. The summed E-state index contributed by atoms with van der Waals surface area (Å²) in [6.45, 7) is 1.04. The van der Waals surface area contributed by atoms with Gasteiger partial charge in [-0.3, -0.25) is 0 Å². The zero-order valence-electron chi connectivity index (χ0n) is 9.94. The third kappa shape index (κ3) is 1.42. The molecule has 88 valence electrons. The molecular weight excluding hydrogens is 222 g/mol. The van der Waals surface area contributed by atoms with E-state index < -0.39 is 0 Å². The van der Waals surface area contributed by atoms with Gasteiger partial charge in [-0.15, -0.1) is 0 Å². The van der Waals surface area contributed by atoms with Crippen LogP contribution in [-0.4, -0.2) is 6.54 Å². The van der Waals surface area contributed by atoms with Crippen molar-refractivity contribution >= 4 is 16.7 Å². The van der Waals surface area contributed by atoms with Gasteiger partial charge in [0.15, 0.2) is 0 Å². The lowest BCUT2D eigenvalue weighted by atomic mass is 10.1. The van der Waals surface area contributed by atoms with Crippen LogP contribution in [0.15, 0.2) is 52.9 Å². The first-order chi connectivity index (χ1) is 8.90. The highest BCUT2D eigenvalue weighted by molar-refractivity contribution is 5.83. The number of para-hydroxylation sites is 1. The first kappa shape index (κ1) is 9.77. The van der Waals surface area contributed by atoms with Gasteiger partial charge in [0.25, 0.3) is 0 Å². The summed E-state index contributed by atoms with van der Waals surface area (Å²) in [4.78, 5) is 0. The van der Waals surface area contributed by atoms with Crippen molar-refractivity contribution in [2.75, 3.05) is 11.9 Å². The van der Waals surface area contributed by atoms with E-state index in [-0.39, 0.29) is 0 Å². The van der Waals surface area contributed by atoms with Crippen molar-refractivity contribution in [2.24, 2.45) is 0 Å². The van der Waals surface area contributed by atoms with Crippen LogP contribution in [0.1, 0.15) is 5.56 Å². The molecule has 0 unspecified atom stereocenters. The van der Waals surface area contributed by atoms with E-state index in [0.29, 0.717) is 0 Å². The Morgan fingerprint density at radius 2 is 1.94 bits per heavy atom. The van der Waals surface area contributed by atoms with Crippen molar-refractivity contribution in [3.05, 3.63) is 54.1 Å². The smallest absolute Gasteiger partial charge is 0.135 e. The Morgan fingerprint density at radius 3 is 2.89 bits per heavy atom. The van der Waals surface area contributed by atoms with Gasteiger partial charge in [0.2, 0.25) is 0 Å². The monoisotopic (exact) mass is 235 g/mol. The summed E-state index contributed by atoms with van der Waals surface area (Å²) in [6.07, 6.45) is 1.12. The number of fused-ring (bicyclic) bond motifs is 2. The third-order valence-electron chi connectivity index (χ3n) is 3.53. The lowest BCUT2D eigenvalue weighted by Gasteiger charge is -2.02. The van der Waals surface area contributed by atoms with Crippen LogP contribution in [0.3, 0.4) is 0 Å². The molecule has 2 nitrogen and oxygen atoms in total. The van der Waals surface area contributed by atoms with Crippen LogP contribution in [0.5, 0.6) is 0 Å². The van der Waals surface area contributed by atoms with E-state index in [4.69, 9.17) is 4.42 Å². The maximum absolute atomic E-state index is 5.89. The average Bonchev–Trinajstić information content (AvgIpc) is 3.04. The number of anilines is 1. The first-order valence-electron chi connectivity index (χ1n) is 6.26. The van der Waals surface area contributed by atoms with E-state index in [1.165, 1.54) is 11.3 Å². The molecule has 2 heteroatoms. The van der Waals surface area contributed by atoms with Crippen molar-refractivity contribution in [3.8, 4) is 11.3 Å². The second kappa shape index (κ2) is 3.64. The van der Waals surface area contributed by atoms with E-state index >= 15 is 0 Å². The summed E-state index contributed by atoms with van der Waals surface area (Å²) in [7, 11) is 0. The van der Waals surface area contributed by atoms with Crippen molar-refractivity contribution < 1.29 is 4.42 Å². The van der Waals surface area contributed by atoms with Gasteiger partial charge in [-0.1, -0.05) is 30.3 Å². The molecule has 4 rings (SSSR count). The highest BCUT2D eigenvalue weighted by Gasteiger charge is 2.12. The van der Waals surface area contributed by atoms with Crippen molar-refractivity contribution in [1.82, 2.24) is 0 Å². The molecule has 1 aliphatic heterocycles. The predicted octanol–water partition coefficient (Wildman–Crippen LogP) is 4.07. The average molecular weight is 235 g/mol. The quantitative estimate of drug-likeness (QED) is 0.687. The fraction of sp³-hybridized carbons (Fsp3) is 0.125. The Balaban J connectivity index is 1.86. The first-order valence-corrected chi connectivity index (χ1v) is 6.26. The summed E-state index contributed by atoms with van der Waals surface area (Å²) >= 11 is 0. The molecule has 2 aromatic carbocycles. The number of benzene rings is 2. The normalized spacial score (nSPS) is 13.6. The lowest BCUT2D eigenvalue weighted by molar-refractivity contribution is 0.631. The van der Waals surface area contributed by atoms with E-state index in [1.54, 1.807) is 0 Å². The Morgan fingerprint density at radius 1 is 1.00 bits per heavy atom. The summed E-state index contributed by atoms with van der Waals surface area (Å²) in [5.74, 6) is 0.938. The molecule has 2 heterocycles. The Hall–Kier alpha value is -2.22. The molecule has 0 radical (unpaired) electrons. The van der Waals surface area contributed by atoms with Gasteiger partial charge in [-0.25, -0.2) is 0 Å². The molecular formula is C16H13NO. The molecule has 1 N–H and O–H groups in total. The fourth-order valence-corrected chi connectivity index (χ4v) is 2.57. The lowest BCUT2D eigenvalue weighted by Crippen LogP contribution is -1.90. The number of furan rings is 1. The van der Waals surface area contributed by atoms with Crippen molar-refractivity contribution in [2.45, 2.75) is 6.42 Å². The van der Waals surface area contributed by atoms with Crippen LogP contribution in [-0.2, 0) is 6.42 Å². The van der Waals surface area contributed by atoms with E-state index in [0.717, 1.165) is 35.3 Å². The van der Waals surface area contributed by atoms with Crippen LogP contribution in [0.2, 0.25) is 0 Å². The standard InChI is InChI=1S/C16H13NO/c1-2-4-15-12(3-1)10-16(18-15)13-6-5-11-7-8-17-14(11)9-13/h1-6,9-10,17H,7-8H2. The molecule has 0 fully saturated rings. The van der Waals surface area contributed by atoms with Gasteiger partial charge >= 0.3 is 0 Å². The number of hydrogen-bond acceptors (Lipinski definition) is 2. The van der Waals surface area contributed by atoms with Gasteiger partial charge in [0, 0.05) is 23.2 Å². The third-order valence-corrected chi connectivity index (χ3v) is 3.53. The largest absolute Gasteiger partial charge is 0.456 e. The van der Waals surface area contributed by atoms with Crippen LogP contribution in [0, 0.1) is 0 Å². The summed E-state index contributed by atoms with van der Waals surface area (Å²) < 4.78 is 5.89. The number of rotatable bonds is 1. The molecule has 1 aromatic heterocycles. The van der Waals surface area contributed by atoms with E-state index in [2.05, 4.69) is 35.6 Å². The van der Waals surface area contributed by atoms with Crippen molar-refractivity contribution in [1.29, 1.82) is 0 Å². The minimum atomic E-state index is 0.938. The molecule has 0 amide bonds. The number of nitrogens with one attached hydrogen (secondary N) is 1. The molecule has 0 spiro atoms. The summed E-state index contributed by atoms with van der Waals surface area (Å²) in [5.41, 5.74) is 4.73. The van der Waals surface area contributed by atoms with Gasteiger partial charge in [0.05, 0.1) is 0 Å². The van der Waals surface area contributed by atoms with Crippen molar-refractivity contribution in [3.63, 3.8) is 0 Å². The summed E-state index contributed by atoms with van der Waals surface area (Å²) in [5, 5.41) is 4.56. The zero-order valence-corrected chi connectivity index (χ0v) is 9.94. The van der Waals surface area contributed by atoms with Crippen LogP contribution in [0.4, 0.5) is 5.69 Å². The van der Waals surface area contributed by atoms with Gasteiger partial charge in [0.1, 0.15) is 11.3 Å². The molecule has 1 aliphatic rings. The molecule has 0 atom stereocenters. The fourth-order valence-electron chi connectivity index (χ4n) is 2.57. The number of hydrogen-bond donors (Lipinski definition) is 1. The zero-order chi connectivity index (χ0) is 11.9. The summed E-state index contributed by atoms with van der Waals surface area (Å²) in [6, 6.07) is 16.7. The Kier molecular flexibility index (Phi) is 1.97. The Bertz CT molecular complexity index is 694. The SMILES string of the molecule is c1ccc2oc(-c3ccc4c(c3)NCC4)cc2c1. The second-order valence-corrected chi connectivity index (χ2v) is 4.70. The second-order valence-electron chi connectivity index (χ2n) is 4.70. The molecule has 0 aliphatic carbocycles. The van der Waals surface area contributed by atoms with Crippen LogP contribution in [0.25, 0.3) is 22.3 Å². The maximum Gasteiger partial charge on any atom is 0.135 e. The van der Waals surface area contributed by atoms with E-state index in [9.17, 15) is 0 Å².